The second-order valence-electron chi connectivity index (χ2n) is 8.09. The Bertz CT molecular complexity index is 1000. The van der Waals surface area contributed by atoms with Crippen molar-refractivity contribution in [3.8, 4) is 22.7 Å². The second-order valence-corrected chi connectivity index (χ2v) is 8.09. The first-order chi connectivity index (χ1) is 14.1. The maximum absolute atomic E-state index is 10.5. The lowest BCUT2D eigenvalue weighted by Crippen LogP contribution is -2.47. The van der Waals surface area contributed by atoms with Crippen LogP contribution in [0, 0.1) is 6.92 Å². The number of phenolic OH excluding ortho intramolecular Hbond substituents is 1. The highest BCUT2D eigenvalue weighted by atomic mass is 16.3. The summed E-state index contributed by atoms with van der Waals surface area (Å²) in [7, 11) is 2.10. The summed E-state index contributed by atoms with van der Waals surface area (Å²) in [6.45, 7) is 1.83. The SMILES string of the molecule is Cc1ncn(-c2ccc(-c3ccc(N(C)[C@H]4C[C@H]5CC[C@@H](C4)N5)nn3)c(O)c2)n1. The molecule has 0 radical (unpaired) electrons. The van der Waals surface area contributed by atoms with E-state index in [0.29, 0.717) is 35.2 Å². The van der Waals surface area contributed by atoms with Crippen molar-refractivity contribution in [1.29, 1.82) is 0 Å². The molecule has 0 spiro atoms. The van der Waals surface area contributed by atoms with Crippen LogP contribution in [0.2, 0.25) is 0 Å². The largest absolute Gasteiger partial charge is 0.507 e. The average molecular weight is 391 g/mol. The Kier molecular flexibility index (Phi) is 4.43. The van der Waals surface area contributed by atoms with E-state index < -0.39 is 0 Å². The number of hydrogen-bond donors (Lipinski definition) is 2. The van der Waals surface area contributed by atoms with Crippen molar-refractivity contribution in [3.63, 3.8) is 0 Å². The maximum atomic E-state index is 10.5. The number of rotatable bonds is 4. The van der Waals surface area contributed by atoms with E-state index in [-0.39, 0.29) is 5.75 Å². The molecule has 2 fully saturated rings. The molecule has 2 aliphatic rings. The zero-order chi connectivity index (χ0) is 20.0. The van der Waals surface area contributed by atoms with Crippen LogP contribution in [0.4, 0.5) is 5.82 Å². The molecule has 8 heteroatoms. The fraction of sp³-hybridized carbons (Fsp3) is 0.429. The van der Waals surface area contributed by atoms with Crippen molar-refractivity contribution in [2.75, 3.05) is 11.9 Å². The number of aromatic nitrogens is 5. The minimum atomic E-state index is 0.140. The molecule has 3 aromatic rings. The van der Waals surface area contributed by atoms with Crippen molar-refractivity contribution in [3.05, 3.63) is 42.5 Å². The van der Waals surface area contributed by atoms with Crippen LogP contribution in [0.1, 0.15) is 31.5 Å². The lowest BCUT2D eigenvalue weighted by atomic mass is 9.98. The zero-order valence-corrected chi connectivity index (χ0v) is 16.7. The molecule has 2 aromatic heterocycles. The molecule has 1 aromatic carbocycles. The molecule has 2 saturated heterocycles. The van der Waals surface area contributed by atoms with E-state index in [1.807, 2.05) is 31.2 Å². The summed E-state index contributed by atoms with van der Waals surface area (Å²) in [5.41, 5.74) is 2.04. The number of aromatic hydroxyl groups is 1. The van der Waals surface area contributed by atoms with Crippen molar-refractivity contribution in [1.82, 2.24) is 30.3 Å². The van der Waals surface area contributed by atoms with Gasteiger partial charge in [-0.2, -0.15) is 5.10 Å². The van der Waals surface area contributed by atoms with E-state index in [1.54, 1.807) is 17.1 Å². The standard InChI is InChI=1S/C21H25N7O/c1-13-22-12-28(26-13)16-5-6-18(20(29)11-16)19-7-8-21(25-24-19)27(2)17-9-14-3-4-15(10-17)23-14/h5-8,11-12,14-15,17,23,29H,3-4,9-10H2,1-2H3/t14-,15+,17+. The van der Waals surface area contributed by atoms with Gasteiger partial charge in [-0.15, -0.1) is 10.2 Å². The molecule has 4 heterocycles. The van der Waals surface area contributed by atoms with Crippen LogP contribution in [0.5, 0.6) is 5.75 Å². The first-order valence-corrected chi connectivity index (χ1v) is 10.1. The van der Waals surface area contributed by atoms with Gasteiger partial charge in [0.2, 0.25) is 0 Å². The Balaban J connectivity index is 1.34. The van der Waals surface area contributed by atoms with Crippen LogP contribution in [0.15, 0.2) is 36.7 Å². The number of phenols is 1. The quantitative estimate of drug-likeness (QED) is 0.706. The third kappa shape index (κ3) is 3.44. The Labute approximate surface area is 169 Å². The Morgan fingerprint density at radius 3 is 2.52 bits per heavy atom. The molecule has 29 heavy (non-hydrogen) atoms. The van der Waals surface area contributed by atoms with Crippen molar-refractivity contribution < 1.29 is 5.11 Å². The minimum absolute atomic E-state index is 0.140. The fourth-order valence-electron chi connectivity index (χ4n) is 4.54. The van der Waals surface area contributed by atoms with Gasteiger partial charge in [0.15, 0.2) is 5.82 Å². The summed E-state index contributed by atoms with van der Waals surface area (Å²) in [6, 6.07) is 11.1. The molecule has 8 nitrogen and oxygen atoms in total. The number of piperidine rings is 1. The summed E-state index contributed by atoms with van der Waals surface area (Å²) in [4.78, 5) is 6.37. The van der Waals surface area contributed by atoms with Crippen LogP contribution in [-0.2, 0) is 0 Å². The van der Waals surface area contributed by atoms with Gasteiger partial charge < -0.3 is 15.3 Å². The van der Waals surface area contributed by atoms with Crippen LogP contribution < -0.4 is 10.2 Å². The molecule has 2 N–H and O–H groups in total. The number of nitrogens with zero attached hydrogens (tertiary/aromatic N) is 6. The monoisotopic (exact) mass is 391 g/mol. The third-order valence-electron chi connectivity index (χ3n) is 6.14. The van der Waals surface area contributed by atoms with Gasteiger partial charge in [0.1, 0.15) is 17.9 Å². The number of nitrogens with one attached hydrogen (secondary N) is 1. The van der Waals surface area contributed by atoms with Crippen LogP contribution in [0.25, 0.3) is 16.9 Å². The highest BCUT2D eigenvalue weighted by Gasteiger charge is 2.35. The number of aryl methyl sites for hydroxylation is 1. The second kappa shape index (κ2) is 7.11. The van der Waals surface area contributed by atoms with Gasteiger partial charge in [-0.3, -0.25) is 0 Å². The van der Waals surface area contributed by atoms with Crippen molar-refractivity contribution in [2.24, 2.45) is 0 Å². The fourth-order valence-corrected chi connectivity index (χ4v) is 4.54. The summed E-state index contributed by atoms with van der Waals surface area (Å²) in [5.74, 6) is 1.69. The van der Waals surface area contributed by atoms with Gasteiger partial charge in [0, 0.05) is 36.8 Å². The molecule has 0 saturated carbocycles. The lowest BCUT2D eigenvalue weighted by molar-refractivity contribution is 0.353. The van der Waals surface area contributed by atoms with Crippen LogP contribution >= 0.6 is 0 Å². The summed E-state index contributed by atoms with van der Waals surface area (Å²) in [6.07, 6.45) is 6.49. The first-order valence-electron chi connectivity index (χ1n) is 10.1. The topological polar surface area (TPSA) is 92.0 Å². The van der Waals surface area contributed by atoms with Crippen molar-refractivity contribution in [2.45, 2.75) is 50.7 Å². The Morgan fingerprint density at radius 2 is 1.90 bits per heavy atom. The summed E-state index contributed by atoms with van der Waals surface area (Å²) >= 11 is 0. The van der Waals surface area contributed by atoms with E-state index in [0.717, 1.165) is 24.3 Å². The van der Waals surface area contributed by atoms with E-state index in [1.165, 1.54) is 12.8 Å². The van der Waals surface area contributed by atoms with E-state index in [4.69, 9.17) is 0 Å². The third-order valence-corrected chi connectivity index (χ3v) is 6.14. The van der Waals surface area contributed by atoms with Crippen LogP contribution in [0.3, 0.4) is 0 Å². The van der Waals surface area contributed by atoms with Gasteiger partial charge in [0.05, 0.1) is 11.4 Å². The number of benzene rings is 1. The lowest BCUT2D eigenvalue weighted by Gasteiger charge is -2.36. The first kappa shape index (κ1) is 18.1. The predicted octanol–water partition coefficient (Wildman–Crippen LogP) is 2.46. The molecular weight excluding hydrogens is 366 g/mol. The number of anilines is 1. The van der Waals surface area contributed by atoms with Crippen LogP contribution in [-0.4, -0.2) is 55.2 Å². The normalized spacial score (nSPS) is 23.3. The van der Waals surface area contributed by atoms with E-state index >= 15 is 0 Å². The zero-order valence-electron chi connectivity index (χ0n) is 16.7. The molecule has 3 atom stereocenters. The highest BCUT2D eigenvalue weighted by molar-refractivity contribution is 5.69. The molecule has 0 unspecified atom stereocenters. The maximum Gasteiger partial charge on any atom is 0.151 e. The Hall–Kier alpha value is -3.00. The Morgan fingerprint density at radius 1 is 1.10 bits per heavy atom. The average Bonchev–Trinajstić information content (AvgIpc) is 3.32. The minimum Gasteiger partial charge on any atom is -0.507 e. The molecule has 150 valence electrons. The molecule has 2 aliphatic heterocycles. The van der Waals surface area contributed by atoms with Gasteiger partial charge in [-0.1, -0.05) is 0 Å². The number of fused-ring (bicyclic) bond motifs is 2. The molecular formula is C21H25N7O. The van der Waals surface area contributed by atoms with Gasteiger partial charge in [-0.25, -0.2) is 9.67 Å². The van der Waals surface area contributed by atoms with Gasteiger partial charge in [-0.05, 0) is 56.9 Å². The summed E-state index contributed by atoms with van der Waals surface area (Å²) < 4.78 is 1.63. The summed E-state index contributed by atoms with van der Waals surface area (Å²) in [5, 5.41) is 27.3. The van der Waals surface area contributed by atoms with Crippen molar-refractivity contribution >= 4 is 5.82 Å². The molecule has 0 amide bonds. The predicted molar refractivity (Wildman–Crippen MR) is 110 cm³/mol. The van der Waals surface area contributed by atoms with Gasteiger partial charge >= 0.3 is 0 Å². The van der Waals surface area contributed by atoms with Gasteiger partial charge in [0.25, 0.3) is 0 Å². The molecule has 5 rings (SSSR count). The molecule has 0 aliphatic carbocycles. The van der Waals surface area contributed by atoms with E-state index in [9.17, 15) is 5.11 Å². The smallest absolute Gasteiger partial charge is 0.151 e. The van der Waals surface area contributed by atoms with E-state index in [2.05, 4.69) is 37.5 Å². The number of hydrogen-bond acceptors (Lipinski definition) is 7. The molecule has 2 bridgehead atoms. The highest BCUT2D eigenvalue weighted by Crippen LogP contribution is 2.32.